The summed E-state index contributed by atoms with van der Waals surface area (Å²) in [6.07, 6.45) is 0. The maximum atomic E-state index is 12.9. The van der Waals surface area contributed by atoms with Crippen LogP contribution >= 0.6 is 0 Å². The first kappa shape index (κ1) is 9.71. The molecular formula is C11H10FNO2. The predicted octanol–water partition coefficient (Wildman–Crippen LogP) is 2.06. The van der Waals surface area contributed by atoms with Crippen molar-refractivity contribution in [2.75, 3.05) is 0 Å². The molecule has 0 saturated heterocycles. The Morgan fingerprint density at radius 2 is 2.13 bits per heavy atom. The van der Waals surface area contributed by atoms with Crippen LogP contribution in [0, 0.1) is 12.7 Å². The van der Waals surface area contributed by atoms with Crippen LogP contribution in [-0.4, -0.2) is 10.7 Å². The van der Waals surface area contributed by atoms with E-state index in [9.17, 15) is 9.18 Å². The van der Waals surface area contributed by atoms with E-state index < -0.39 is 5.97 Å². The Labute approximate surface area is 86.0 Å². The zero-order chi connectivity index (χ0) is 11.0. The zero-order valence-electron chi connectivity index (χ0n) is 8.45. The van der Waals surface area contributed by atoms with E-state index in [1.165, 1.54) is 23.8 Å². The Balaban J connectivity index is 2.63. The van der Waals surface area contributed by atoms with E-state index in [4.69, 9.17) is 4.84 Å². The second-order valence-corrected chi connectivity index (χ2v) is 3.37. The van der Waals surface area contributed by atoms with E-state index >= 15 is 0 Å². The molecule has 2 aromatic rings. The average Bonchev–Trinajstić information content (AvgIpc) is 2.41. The maximum absolute atomic E-state index is 12.9. The summed E-state index contributed by atoms with van der Waals surface area (Å²) in [5, 5.41) is 0.716. The molecule has 0 unspecified atom stereocenters. The number of rotatable bonds is 1. The number of halogens is 1. The fourth-order valence-electron chi connectivity index (χ4n) is 1.55. The van der Waals surface area contributed by atoms with Gasteiger partial charge in [0.15, 0.2) is 0 Å². The summed E-state index contributed by atoms with van der Waals surface area (Å²) in [5.41, 5.74) is 1.44. The van der Waals surface area contributed by atoms with Crippen molar-refractivity contribution in [2.45, 2.75) is 13.8 Å². The van der Waals surface area contributed by atoms with Gasteiger partial charge in [0.1, 0.15) is 5.82 Å². The molecule has 15 heavy (non-hydrogen) atoms. The highest BCUT2D eigenvalue weighted by Gasteiger charge is 2.08. The maximum Gasteiger partial charge on any atom is 0.329 e. The minimum atomic E-state index is -0.403. The van der Waals surface area contributed by atoms with Crippen LogP contribution in [0.1, 0.15) is 12.6 Å². The number of aromatic nitrogens is 1. The number of carbonyl (C=O) groups is 1. The Morgan fingerprint density at radius 1 is 1.40 bits per heavy atom. The summed E-state index contributed by atoms with van der Waals surface area (Å²) >= 11 is 0. The third-order valence-corrected chi connectivity index (χ3v) is 2.11. The van der Waals surface area contributed by atoms with Crippen molar-refractivity contribution in [3.63, 3.8) is 0 Å². The highest BCUT2D eigenvalue weighted by molar-refractivity contribution is 5.81. The summed E-state index contributed by atoms with van der Waals surface area (Å²) < 4.78 is 14.3. The van der Waals surface area contributed by atoms with Crippen LogP contribution < -0.4 is 4.84 Å². The van der Waals surface area contributed by atoms with Crippen LogP contribution in [0.5, 0.6) is 0 Å². The average molecular weight is 207 g/mol. The van der Waals surface area contributed by atoms with Gasteiger partial charge in [0.05, 0.1) is 11.2 Å². The largest absolute Gasteiger partial charge is 0.337 e. The number of hydrogen-bond acceptors (Lipinski definition) is 2. The van der Waals surface area contributed by atoms with Gasteiger partial charge in [-0.1, -0.05) is 0 Å². The molecule has 0 saturated carbocycles. The Kier molecular flexibility index (Phi) is 2.19. The number of benzene rings is 1. The normalized spacial score (nSPS) is 10.6. The fraction of sp³-hybridized carbons (Fsp3) is 0.182. The monoisotopic (exact) mass is 207 g/mol. The van der Waals surface area contributed by atoms with Crippen molar-refractivity contribution in [3.8, 4) is 0 Å². The minimum absolute atomic E-state index is 0.303. The van der Waals surface area contributed by atoms with Gasteiger partial charge in [-0.2, -0.15) is 4.73 Å². The Hall–Kier alpha value is -1.84. The number of carbonyl (C=O) groups excluding carboxylic acids is 1. The molecule has 1 aromatic carbocycles. The second kappa shape index (κ2) is 3.38. The van der Waals surface area contributed by atoms with E-state index in [0.717, 1.165) is 5.69 Å². The molecule has 1 heterocycles. The van der Waals surface area contributed by atoms with Crippen molar-refractivity contribution >= 4 is 16.9 Å². The second-order valence-electron chi connectivity index (χ2n) is 3.37. The SMILES string of the molecule is CC(=O)On1c(C)cc2cc(F)ccc21. The van der Waals surface area contributed by atoms with Gasteiger partial charge in [-0.15, -0.1) is 0 Å². The van der Waals surface area contributed by atoms with Crippen LogP contribution in [0.3, 0.4) is 0 Å². The summed E-state index contributed by atoms with van der Waals surface area (Å²) in [7, 11) is 0. The molecule has 0 amide bonds. The molecular weight excluding hydrogens is 197 g/mol. The smallest absolute Gasteiger partial charge is 0.329 e. The van der Waals surface area contributed by atoms with Gasteiger partial charge in [-0.3, -0.25) is 0 Å². The van der Waals surface area contributed by atoms with Gasteiger partial charge in [0.25, 0.3) is 0 Å². The van der Waals surface area contributed by atoms with Crippen LogP contribution in [0.4, 0.5) is 4.39 Å². The first-order chi connectivity index (χ1) is 7.08. The minimum Gasteiger partial charge on any atom is -0.337 e. The molecule has 0 radical (unpaired) electrons. The lowest BCUT2D eigenvalue weighted by atomic mass is 10.2. The van der Waals surface area contributed by atoms with Crippen LogP contribution in [-0.2, 0) is 4.79 Å². The van der Waals surface area contributed by atoms with E-state index in [2.05, 4.69) is 0 Å². The van der Waals surface area contributed by atoms with E-state index in [-0.39, 0.29) is 5.82 Å². The fourth-order valence-corrected chi connectivity index (χ4v) is 1.55. The zero-order valence-corrected chi connectivity index (χ0v) is 8.45. The van der Waals surface area contributed by atoms with E-state index in [0.29, 0.717) is 10.9 Å². The summed E-state index contributed by atoms with van der Waals surface area (Å²) in [4.78, 5) is 15.9. The third kappa shape index (κ3) is 1.70. The molecule has 3 nitrogen and oxygen atoms in total. The van der Waals surface area contributed by atoms with Crippen molar-refractivity contribution in [1.29, 1.82) is 0 Å². The topological polar surface area (TPSA) is 31.2 Å². The molecule has 0 aliphatic heterocycles. The molecule has 0 atom stereocenters. The number of aryl methyl sites for hydroxylation is 1. The first-order valence-corrected chi connectivity index (χ1v) is 4.54. The molecule has 4 heteroatoms. The number of nitrogens with zero attached hydrogens (tertiary/aromatic N) is 1. The molecule has 2 rings (SSSR count). The highest BCUT2D eigenvalue weighted by Crippen LogP contribution is 2.19. The predicted molar refractivity (Wildman–Crippen MR) is 53.9 cm³/mol. The van der Waals surface area contributed by atoms with Gasteiger partial charge >= 0.3 is 5.97 Å². The molecule has 0 fully saturated rings. The third-order valence-electron chi connectivity index (χ3n) is 2.11. The molecule has 0 bridgehead atoms. The molecule has 0 N–H and O–H groups in total. The van der Waals surface area contributed by atoms with Gasteiger partial charge in [0.2, 0.25) is 0 Å². The quantitative estimate of drug-likeness (QED) is 0.716. The van der Waals surface area contributed by atoms with Gasteiger partial charge in [-0.05, 0) is 31.2 Å². The lowest BCUT2D eigenvalue weighted by Crippen LogP contribution is -2.17. The molecule has 0 spiro atoms. The molecule has 0 aliphatic carbocycles. The van der Waals surface area contributed by atoms with E-state index in [1.54, 1.807) is 19.1 Å². The van der Waals surface area contributed by atoms with Gasteiger partial charge < -0.3 is 4.84 Å². The van der Waals surface area contributed by atoms with Crippen LogP contribution in [0.25, 0.3) is 10.9 Å². The lowest BCUT2D eigenvalue weighted by Gasteiger charge is -2.05. The summed E-state index contributed by atoms with van der Waals surface area (Å²) in [6.45, 7) is 3.12. The summed E-state index contributed by atoms with van der Waals surface area (Å²) in [5.74, 6) is -0.706. The molecule has 0 aliphatic rings. The standard InChI is InChI=1S/C11H10FNO2/c1-7-5-9-6-10(12)3-4-11(9)13(7)15-8(2)14/h3-6H,1-2H3. The Bertz CT molecular complexity index is 531. The molecule has 1 aromatic heterocycles. The van der Waals surface area contributed by atoms with Crippen LogP contribution in [0.2, 0.25) is 0 Å². The molecule has 78 valence electrons. The van der Waals surface area contributed by atoms with Gasteiger partial charge in [-0.25, -0.2) is 9.18 Å². The van der Waals surface area contributed by atoms with Crippen molar-refractivity contribution in [3.05, 3.63) is 35.8 Å². The van der Waals surface area contributed by atoms with E-state index in [1.807, 2.05) is 0 Å². The lowest BCUT2D eigenvalue weighted by molar-refractivity contribution is -0.141. The van der Waals surface area contributed by atoms with Gasteiger partial charge in [0, 0.05) is 12.3 Å². The number of fused-ring (bicyclic) bond motifs is 1. The van der Waals surface area contributed by atoms with Crippen LogP contribution in [0.15, 0.2) is 24.3 Å². The number of hydrogen-bond donors (Lipinski definition) is 0. The first-order valence-electron chi connectivity index (χ1n) is 4.54. The van der Waals surface area contributed by atoms with Crippen molar-refractivity contribution in [1.82, 2.24) is 4.73 Å². The van der Waals surface area contributed by atoms with Crippen molar-refractivity contribution < 1.29 is 14.0 Å². The Morgan fingerprint density at radius 3 is 2.80 bits per heavy atom. The summed E-state index contributed by atoms with van der Waals surface area (Å²) in [6, 6.07) is 6.09. The highest BCUT2D eigenvalue weighted by atomic mass is 19.1. The van der Waals surface area contributed by atoms with Crippen molar-refractivity contribution in [2.24, 2.45) is 0 Å².